The fourth-order valence-electron chi connectivity index (χ4n) is 2.08. The van der Waals surface area contributed by atoms with Crippen LogP contribution in [0.25, 0.3) is 0 Å². The lowest BCUT2D eigenvalue weighted by Gasteiger charge is -2.08. The van der Waals surface area contributed by atoms with Gasteiger partial charge in [-0.15, -0.1) is 5.10 Å². The number of carbonyl (C=O) groups is 1. The summed E-state index contributed by atoms with van der Waals surface area (Å²) in [6.45, 7) is 1.53. The molecule has 1 saturated carbocycles. The van der Waals surface area contributed by atoms with Crippen molar-refractivity contribution in [3.05, 3.63) is 11.9 Å². The van der Waals surface area contributed by atoms with Crippen LogP contribution in [0.2, 0.25) is 0 Å². The Kier molecular flexibility index (Phi) is 4.08. The van der Waals surface area contributed by atoms with Crippen molar-refractivity contribution in [2.45, 2.75) is 32.2 Å². The first kappa shape index (κ1) is 12.0. The molecule has 1 aliphatic rings. The summed E-state index contributed by atoms with van der Waals surface area (Å²) < 4.78 is 6.77. The van der Waals surface area contributed by atoms with Crippen LogP contribution in [0.15, 0.2) is 6.20 Å². The molecule has 1 fully saturated rings. The Balaban J connectivity index is 1.81. The molecule has 2 rings (SSSR count). The van der Waals surface area contributed by atoms with E-state index >= 15 is 0 Å². The van der Waals surface area contributed by atoms with E-state index in [4.69, 9.17) is 10.5 Å². The van der Waals surface area contributed by atoms with Crippen molar-refractivity contribution in [3.63, 3.8) is 0 Å². The second-order valence-electron chi connectivity index (χ2n) is 4.40. The summed E-state index contributed by atoms with van der Waals surface area (Å²) in [6, 6.07) is 0. The van der Waals surface area contributed by atoms with Gasteiger partial charge in [-0.25, -0.2) is 4.79 Å². The summed E-state index contributed by atoms with van der Waals surface area (Å²) in [7, 11) is 0. The van der Waals surface area contributed by atoms with E-state index in [9.17, 15) is 4.79 Å². The average molecular weight is 238 g/mol. The SMILES string of the molecule is NCCn1cc(C(=O)OCC2CCCC2)nn1. The number of nitrogens with two attached hydrogens (primary N) is 1. The van der Waals surface area contributed by atoms with Crippen LogP contribution in [-0.2, 0) is 11.3 Å². The number of esters is 1. The number of nitrogens with zero attached hydrogens (tertiary/aromatic N) is 3. The Morgan fingerprint density at radius 1 is 1.53 bits per heavy atom. The first-order chi connectivity index (χ1) is 8.29. The van der Waals surface area contributed by atoms with Gasteiger partial charge in [0.05, 0.1) is 19.3 Å². The lowest BCUT2D eigenvalue weighted by Crippen LogP contribution is -2.12. The Hall–Kier alpha value is -1.43. The van der Waals surface area contributed by atoms with Gasteiger partial charge in [0.2, 0.25) is 0 Å². The zero-order valence-corrected chi connectivity index (χ0v) is 9.84. The molecule has 0 aromatic carbocycles. The quantitative estimate of drug-likeness (QED) is 0.759. The molecular formula is C11H18N4O2. The molecular weight excluding hydrogens is 220 g/mol. The van der Waals surface area contributed by atoms with Crippen LogP contribution in [0.5, 0.6) is 0 Å². The summed E-state index contributed by atoms with van der Waals surface area (Å²) in [4.78, 5) is 11.6. The van der Waals surface area contributed by atoms with Crippen LogP contribution in [0.4, 0.5) is 0 Å². The average Bonchev–Trinajstić information content (AvgIpc) is 2.97. The number of rotatable bonds is 5. The van der Waals surface area contributed by atoms with Gasteiger partial charge in [-0.3, -0.25) is 4.68 Å². The highest BCUT2D eigenvalue weighted by Gasteiger charge is 2.18. The van der Waals surface area contributed by atoms with E-state index in [1.54, 1.807) is 10.9 Å². The minimum absolute atomic E-state index is 0.261. The van der Waals surface area contributed by atoms with Crippen molar-refractivity contribution in [2.24, 2.45) is 11.7 Å². The topological polar surface area (TPSA) is 83.0 Å². The first-order valence-corrected chi connectivity index (χ1v) is 6.07. The molecule has 0 radical (unpaired) electrons. The summed E-state index contributed by atoms with van der Waals surface area (Å²) >= 11 is 0. The molecule has 6 nitrogen and oxygen atoms in total. The van der Waals surface area contributed by atoms with Crippen LogP contribution in [0.1, 0.15) is 36.2 Å². The highest BCUT2D eigenvalue weighted by molar-refractivity contribution is 5.86. The second-order valence-corrected chi connectivity index (χ2v) is 4.40. The van der Waals surface area contributed by atoms with E-state index in [2.05, 4.69) is 10.3 Å². The molecule has 1 aliphatic carbocycles. The van der Waals surface area contributed by atoms with Crippen molar-refractivity contribution >= 4 is 5.97 Å². The second kappa shape index (κ2) is 5.77. The van der Waals surface area contributed by atoms with Crippen molar-refractivity contribution in [2.75, 3.05) is 13.2 Å². The predicted octanol–water partition coefficient (Wildman–Crippen LogP) is 0.584. The molecule has 0 unspecified atom stereocenters. The minimum atomic E-state index is -0.389. The third-order valence-corrected chi connectivity index (χ3v) is 3.03. The molecule has 0 aliphatic heterocycles. The van der Waals surface area contributed by atoms with E-state index < -0.39 is 0 Å². The Morgan fingerprint density at radius 3 is 3.00 bits per heavy atom. The van der Waals surface area contributed by atoms with Crippen LogP contribution >= 0.6 is 0 Å². The number of carbonyl (C=O) groups excluding carboxylic acids is 1. The van der Waals surface area contributed by atoms with E-state index in [-0.39, 0.29) is 11.7 Å². The number of hydrogen-bond donors (Lipinski definition) is 1. The van der Waals surface area contributed by atoms with E-state index in [1.165, 1.54) is 12.8 Å². The zero-order valence-electron chi connectivity index (χ0n) is 9.84. The third-order valence-electron chi connectivity index (χ3n) is 3.03. The Labute approximate surface area is 100 Å². The molecule has 94 valence electrons. The minimum Gasteiger partial charge on any atom is -0.461 e. The Morgan fingerprint density at radius 2 is 2.29 bits per heavy atom. The van der Waals surface area contributed by atoms with E-state index in [1.807, 2.05) is 0 Å². The van der Waals surface area contributed by atoms with Crippen molar-refractivity contribution in [1.29, 1.82) is 0 Å². The summed E-state index contributed by atoms with van der Waals surface area (Å²) in [5.74, 6) is 0.137. The fourth-order valence-corrected chi connectivity index (χ4v) is 2.08. The molecule has 0 atom stereocenters. The molecule has 0 bridgehead atoms. The molecule has 0 saturated heterocycles. The van der Waals surface area contributed by atoms with E-state index in [0.717, 1.165) is 12.8 Å². The lowest BCUT2D eigenvalue weighted by molar-refractivity contribution is 0.0435. The molecule has 0 amide bonds. The number of aromatic nitrogens is 3. The smallest absolute Gasteiger partial charge is 0.360 e. The van der Waals surface area contributed by atoms with Gasteiger partial charge in [0, 0.05) is 6.54 Å². The third kappa shape index (κ3) is 3.26. The molecule has 1 aromatic heterocycles. The highest BCUT2D eigenvalue weighted by Crippen LogP contribution is 2.24. The Bertz CT molecular complexity index is 371. The largest absolute Gasteiger partial charge is 0.461 e. The van der Waals surface area contributed by atoms with Gasteiger partial charge < -0.3 is 10.5 Å². The highest BCUT2D eigenvalue weighted by atomic mass is 16.5. The lowest BCUT2D eigenvalue weighted by atomic mass is 10.1. The maximum atomic E-state index is 11.6. The van der Waals surface area contributed by atoms with Crippen molar-refractivity contribution in [1.82, 2.24) is 15.0 Å². The van der Waals surface area contributed by atoms with Gasteiger partial charge in [-0.05, 0) is 18.8 Å². The molecule has 2 N–H and O–H groups in total. The van der Waals surface area contributed by atoms with Crippen molar-refractivity contribution < 1.29 is 9.53 Å². The van der Waals surface area contributed by atoms with Gasteiger partial charge in [-0.1, -0.05) is 18.1 Å². The predicted molar refractivity (Wildman–Crippen MR) is 61.3 cm³/mol. The molecule has 17 heavy (non-hydrogen) atoms. The van der Waals surface area contributed by atoms with Gasteiger partial charge in [0.25, 0.3) is 0 Å². The monoisotopic (exact) mass is 238 g/mol. The van der Waals surface area contributed by atoms with Crippen LogP contribution in [-0.4, -0.2) is 34.1 Å². The van der Waals surface area contributed by atoms with Gasteiger partial charge in [-0.2, -0.15) is 0 Å². The van der Waals surface area contributed by atoms with Gasteiger partial charge in [0.1, 0.15) is 0 Å². The maximum Gasteiger partial charge on any atom is 0.360 e. The van der Waals surface area contributed by atoms with Crippen LogP contribution in [0, 0.1) is 5.92 Å². The van der Waals surface area contributed by atoms with Gasteiger partial charge in [0.15, 0.2) is 5.69 Å². The fraction of sp³-hybridized carbons (Fsp3) is 0.727. The summed E-state index contributed by atoms with van der Waals surface area (Å²) in [6.07, 6.45) is 6.38. The zero-order chi connectivity index (χ0) is 12.1. The van der Waals surface area contributed by atoms with Crippen LogP contribution in [0.3, 0.4) is 0 Å². The normalized spacial score (nSPS) is 16.3. The summed E-state index contributed by atoms with van der Waals surface area (Å²) in [5.41, 5.74) is 5.64. The number of ether oxygens (including phenoxy) is 1. The standard InChI is InChI=1S/C11H18N4O2/c12-5-6-15-7-10(13-14-15)11(16)17-8-9-3-1-2-4-9/h7,9H,1-6,8,12H2. The number of hydrogen-bond acceptors (Lipinski definition) is 5. The van der Waals surface area contributed by atoms with E-state index in [0.29, 0.717) is 25.6 Å². The molecule has 1 heterocycles. The van der Waals surface area contributed by atoms with Gasteiger partial charge >= 0.3 is 5.97 Å². The van der Waals surface area contributed by atoms with Crippen molar-refractivity contribution in [3.8, 4) is 0 Å². The summed E-state index contributed by atoms with van der Waals surface area (Å²) in [5, 5.41) is 7.56. The molecule has 6 heteroatoms. The first-order valence-electron chi connectivity index (χ1n) is 6.07. The van der Waals surface area contributed by atoms with Crippen LogP contribution < -0.4 is 5.73 Å². The molecule has 0 spiro atoms. The maximum absolute atomic E-state index is 11.6. The molecule has 1 aromatic rings.